The number of ether oxygens (including phenoxy) is 2. The third kappa shape index (κ3) is 35.1. The summed E-state index contributed by atoms with van der Waals surface area (Å²) in [5.41, 5.74) is 0. The smallest absolute Gasteiger partial charge is 0.462 e. The Morgan fingerprint density at radius 1 is 0.486 bits per heavy atom. The quantitative estimate of drug-likeness (QED) is 0.0123. The summed E-state index contributed by atoms with van der Waals surface area (Å²) in [5, 5.41) is 50.1. The van der Waals surface area contributed by atoms with Gasteiger partial charge in [0, 0.05) is 19.4 Å². The van der Waals surface area contributed by atoms with Crippen LogP contribution in [0.25, 0.3) is 0 Å². The molecule has 0 saturated heterocycles. The Morgan fingerprint density at radius 3 is 1.39 bits per heavy atom. The number of hydrogen-bond donors (Lipinski definition) is 8. The normalized spacial score (nSPS) is 21.8. The number of carbonyl (C=O) groups is 2. The molecule has 70 heavy (non-hydrogen) atoms. The second-order valence-corrected chi connectivity index (χ2v) is 19.5. The Kier molecular flexibility index (Phi) is 38.3. The molecule has 5 unspecified atom stereocenters. The predicted molar refractivity (Wildman–Crippen MR) is 270 cm³/mol. The standard InChI is InChI=1S/C51H84O17P2/c1-2-3-4-5-6-7-8-9-10-11-12-14-18-21-24-27-30-33-36-39-45(54)66-43(42-65-70(62,63)68-51-48(57)46(55)47(56)50(49(51)58)67-69(59,60)61)41-64-44(53)38-35-32-29-26-23-20-17-15-13-16-19-22-25-28-31-34-37-40-52/h3-4,6-7,9-10,12-14,16-17,20,22,25-26,29,43,46-52,55-58H,2,5,8,11,15,18-19,21,23-24,27-28,30-42H2,1H3,(H,62,63)(H2,59,60,61)/b4-3-,7-6-,10-9-,14-12-,16-13-,20-17-,25-22-,29-26-/t43-,46?,47?,48?,49?,50-,51+/m1/s1. The van der Waals surface area contributed by atoms with E-state index >= 15 is 0 Å². The average Bonchev–Trinajstić information content (AvgIpc) is 3.32. The van der Waals surface area contributed by atoms with Gasteiger partial charge in [-0.3, -0.25) is 23.2 Å². The Bertz CT molecular complexity index is 1720. The van der Waals surface area contributed by atoms with Gasteiger partial charge in [-0.15, -0.1) is 0 Å². The molecule has 0 aromatic rings. The Balaban J connectivity index is 2.61. The lowest BCUT2D eigenvalue weighted by Crippen LogP contribution is -2.64. The number of unbranched alkanes of at least 4 members (excludes halogenated alkanes) is 10. The van der Waals surface area contributed by atoms with Gasteiger partial charge < -0.3 is 49.7 Å². The summed E-state index contributed by atoms with van der Waals surface area (Å²) in [6, 6.07) is 0. The van der Waals surface area contributed by atoms with Gasteiger partial charge in [-0.25, -0.2) is 9.13 Å². The van der Waals surface area contributed by atoms with Crippen molar-refractivity contribution in [2.45, 2.75) is 191 Å². The Labute approximate surface area is 416 Å². The zero-order chi connectivity index (χ0) is 51.7. The van der Waals surface area contributed by atoms with Crippen LogP contribution in [0.5, 0.6) is 0 Å². The van der Waals surface area contributed by atoms with Crippen LogP contribution in [-0.2, 0) is 41.8 Å². The van der Waals surface area contributed by atoms with E-state index in [-0.39, 0.29) is 19.4 Å². The highest BCUT2D eigenvalue weighted by Crippen LogP contribution is 2.49. The first-order valence-corrected chi connectivity index (χ1v) is 27.9. The maximum absolute atomic E-state index is 13.0. The van der Waals surface area contributed by atoms with Crippen LogP contribution in [-0.4, -0.2) is 115 Å². The predicted octanol–water partition coefficient (Wildman–Crippen LogP) is 8.92. The van der Waals surface area contributed by atoms with E-state index < -0.39 is 83.5 Å². The number of carbonyl (C=O) groups excluding carboxylic acids is 2. The van der Waals surface area contributed by atoms with Crippen LogP contribution < -0.4 is 0 Å². The number of aliphatic hydroxyl groups excluding tert-OH is 5. The summed E-state index contributed by atoms with van der Waals surface area (Å²) in [5.74, 6) is -1.31. The fourth-order valence-electron chi connectivity index (χ4n) is 6.87. The fourth-order valence-corrected chi connectivity index (χ4v) is 8.41. The average molecular weight is 1030 g/mol. The van der Waals surface area contributed by atoms with Crippen molar-refractivity contribution in [3.8, 4) is 0 Å². The van der Waals surface area contributed by atoms with E-state index in [0.29, 0.717) is 19.3 Å². The van der Waals surface area contributed by atoms with Crippen molar-refractivity contribution >= 4 is 27.6 Å². The van der Waals surface area contributed by atoms with Gasteiger partial charge in [-0.1, -0.05) is 136 Å². The number of phosphoric ester groups is 2. The maximum atomic E-state index is 13.0. The van der Waals surface area contributed by atoms with E-state index in [1.165, 1.54) is 0 Å². The molecule has 0 bridgehead atoms. The second kappa shape index (κ2) is 41.4. The molecule has 8 N–H and O–H groups in total. The molecule has 0 spiro atoms. The summed E-state index contributed by atoms with van der Waals surface area (Å²) in [7, 11) is -10.7. The van der Waals surface area contributed by atoms with Crippen molar-refractivity contribution < 1.29 is 82.0 Å². The largest absolute Gasteiger partial charge is 0.472 e. The van der Waals surface area contributed by atoms with Gasteiger partial charge in [-0.2, -0.15) is 0 Å². The number of hydrogen-bond acceptors (Lipinski definition) is 14. The molecular formula is C51H84O17P2. The molecule has 8 atom stereocenters. The molecule has 19 heteroatoms. The molecule has 17 nitrogen and oxygen atoms in total. The Hall–Kier alpha value is -3.12. The fraction of sp³-hybridized carbons (Fsp3) is 0.647. The van der Waals surface area contributed by atoms with Crippen molar-refractivity contribution in [3.63, 3.8) is 0 Å². The molecule has 1 aliphatic rings. The van der Waals surface area contributed by atoms with Crippen molar-refractivity contribution in [1.29, 1.82) is 0 Å². The summed E-state index contributed by atoms with van der Waals surface area (Å²) >= 11 is 0. The van der Waals surface area contributed by atoms with Gasteiger partial charge in [0.2, 0.25) is 0 Å². The van der Waals surface area contributed by atoms with Gasteiger partial charge in [0.25, 0.3) is 0 Å². The molecule has 0 aromatic heterocycles. The van der Waals surface area contributed by atoms with Crippen molar-refractivity contribution in [2.75, 3.05) is 19.8 Å². The molecule has 0 aromatic carbocycles. The minimum atomic E-state index is -5.38. The lowest BCUT2D eigenvalue weighted by Gasteiger charge is -2.43. The third-order valence-electron chi connectivity index (χ3n) is 10.7. The van der Waals surface area contributed by atoms with Crippen LogP contribution in [0.15, 0.2) is 97.2 Å². The molecule has 1 rings (SSSR count). The summed E-state index contributed by atoms with van der Waals surface area (Å²) in [6.45, 7) is 0.941. The van der Waals surface area contributed by atoms with Gasteiger partial charge in [0.05, 0.1) is 6.61 Å². The highest BCUT2D eigenvalue weighted by molar-refractivity contribution is 7.47. The SMILES string of the molecule is CC/C=C\C/C=C\C/C=C\C/C=C\CCCCCCCCC(=O)O[C@H](COC(=O)CCC/C=C\C/C=C\C/C=C\C/C=C\CCCCCO)COP(=O)(O)O[C@H]1C(O)C(O)C(O)[C@@H](OP(=O)(O)O)C1O. The molecular weight excluding hydrogens is 946 g/mol. The lowest BCUT2D eigenvalue weighted by molar-refractivity contribution is -0.216. The van der Waals surface area contributed by atoms with E-state index in [4.69, 9.17) is 23.6 Å². The van der Waals surface area contributed by atoms with Crippen LogP contribution in [0, 0.1) is 0 Å². The van der Waals surface area contributed by atoms with E-state index in [1.54, 1.807) is 0 Å². The van der Waals surface area contributed by atoms with Crippen LogP contribution in [0.3, 0.4) is 0 Å². The van der Waals surface area contributed by atoms with E-state index in [9.17, 15) is 53.8 Å². The van der Waals surface area contributed by atoms with Crippen LogP contribution >= 0.6 is 15.6 Å². The Morgan fingerprint density at radius 2 is 0.900 bits per heavy atom. The molecule has 1 aliphatic carbocycles. The first-order valence-electron chi connectivity index (χ1n) is 24.9. The van der Waals surface area contributed by atoms with Gasteiger partial charge in [-0.05, 0) is 96.3 Å². The van der Waals surface area contributed by atoms with Crippen LogP contribution in [0.2, 0.25) is 0 Å². The molecule has 0 amide bonds. The first kappa shape index (κ1) is 64.9. The zero-order valence-corrected chi connectivity index (χ0v) is 42.9. The molecule has 400 valence electrons. The summed E-state index contributed by atoms with van der Waals surface area (Å²) in [6.07, 6.45) is 36.5. The van der Waals surface area contributed by atoms with Gasteiger partial charge in [0.1, 0.15) is 43.2 Å². The number of phosphoric acid groups is 2. The molecule has 0 heterocycles. The number of allylic oxidation sites excluding steroid dienone is 16. The van der Waals surface area contributed by atoms with Crippen molar-refractivity contribution in [1.82, 2.24) is 0 Å². The molecule has 0 radical (unpaired) electrons. The summed E-state index contributed by atoms with van der Waals surface area (Å²) in [4.78, 5) is 54.4. The van der Waals surface area contributed by atoms with Crippen molar-refractivity contribution in [3.05, 3.63) is 97.2 Å². The highest BCUT2D eigenvalue weighted by atomic mass is 31.2. The number of rotatable bonds is 41. The first-order chi connectivity index (χ1) is 33.6. The monoisotopic (exact) mass is 1030 g/mol. The van der Waals surface area contributed by atoms with Gasteiger partial charge >= 0.3 is 27.6 Å². The second-order valence-electron chi connectivity index (χ2n) is 16.9. The maximum Gasteiger partial charge on any atom is 0.472 e. The topological polar surface area (TPSA) is 276 Å². The number of aliphatic hydroxyl groups is 5. The van der Waals surface area contributed by atoms with E-state index in [1.807, 2.05) is 18.2 Å². The summed E-state index contributed by atoms with van der Waals surface area (Å²) < 4.78 is 49.4. The molecule has 1 saturated carbocycles. The zero-order valence-electron chi connectivity index (χ0n) is 41.1. The van der Waals surface area contributed by atoms with E-state index in [2.05, 4.69) is 90.4 Å². The number of esters is 2. The van der Waals surface area contributed by atoms with Gasteiger partial charge in [0.15, 0.2) is 6.10 Å². The van der Waals surface area contributed by atoms with Crippen LogP contribution in [0.1, 0.15) is 148 Å². The van der Waals surface area contributed by atoms with Crippen LogP contribution in [0.4, 0.5) is 0 Å². The molecule has 0 aliphatic heterocycles. The molecule has 1 fully saturated rings. The third-order valence-corrected chi connectivity index (χ3v) is 12.2. The highest BCUT2D eigenvalue weighted by Gasteiger charge is 2.54. The minimum Gasteiger partial charge on any atom is -0.462 e. The minimum absolute atomic E-state index is 0.00488. The lowest BCUT2D eigenvalue weighted by atomic mass is 9.85. The van der Waals surface area contributed by atoms with E-state index in [0.717, 1.165) is 109 Å². The van der Waals surface area contributed by atoms with Crippen molar-refractivity contribution in [2.24, 2.45) is 0 Å².